The van der Waals surface area contributed by atoms with Crippen molar-refractivity contribution in [2.75, 3.05) is 13.2 Å². The smallest absolute Gasteiger partial charge is 0.0556 e. The summed E-state index contributed by atoms with van der Waals surface area (Å²) in [6.07, 6.45) is 0. The SMILES string of the molecule is C[C@@H](NCCO)C(C)(C)C. The first-order chi connectivity index (χ1) is 4.48. The molecule has 2 nitrogen and oxygen atoms in total. The first kappa shape index (κ1) is 9.92. The molecule has 0 aromatic carbocycles. The van der Waals surface area contributed by atoms with Crippen molar-refractivity contribution in [2.45, 2.75) is 33.7 Å². The van der Waals surface area contributed by atoms with Gasteiger partial charge in [-0.05, 0) is 12.3 Å². The minimum Gasteiger partial charge on any atom is -0.395 e. The normalized spacial score (nSPS) is 15.3. The van der Waals surface area contributed by atoms with Gasteiger partial charge in [0.1, 0.15) is 0 Å². The van der Waals surface area contributed by atoms with Gasteiger partial charge in [0, 0.05) is 12.6 Å². The van der Waals surface area contributed by atoms with E-state index in [2.05, 4.69) is 33.0 Å². The monoisotopic (exact) mass is 145 g/mol. The maximum atomic E-state index is 8.52. The first-order valence-electron chi connectivity index (χ1n) is 3.82. The van der Waals surface area contributed by atoms with Gasteiger partial charge in [0.25, 0.3) is 0 Å². The van der Waals surface area contributed by atoms with E-state index < -0.39 is 0 Å². The molecule has 0 heterocycles. The van der Waals surface area contributed by atoms with Crippen LogP contribution in [0.2, 0.25) is 0 Å². The Morgan fingerprint density at radius 1 is 1.40 bits per heavy atom. The molecule has 0 saturated heterocycles. The molecule has 1 atom stereocenters. The number of rotatable bonds is 3. The third-order valence-corrected chi connectivity index (χ3v) is 1.86. The third-order valence-electron chi connectivity index (χ3n) is 1.86. The number of aliphatic hydroxyl groups is 1. The Kier molecular flexibility index (Phi) is 3.91. The molecule has 0 saturated carbocycles. The van der Waals surface area contributed by atoms with Gasteiger partial charge in [0.15, 0.2) is 0 Å². The molecule has 0 rings (SSSR count). The van der Waals surface area contributed by atoms with Crippen LogP contribution in [-0.2, 0) is 0 Å². The molecule has 10 heavy (non-hydrogen) atoms. The second-order valence-electron chi connectivity index (χ2n) is 3.77. The van der Waals surface area contributed by atoms with Crippen molar-refractivity contribution >= 4 is 0 Å². The predicted octanol–water partition coefficient (Wildman–Crippen LogP) is 1.00. The van der Waals surface area contributed by atoms with E-state index in [1.807, 2.05) is 0 Å². The van der Waals surface area contributed by atoms with Crippen LogP contribution in [0.25, 0.3) is 0 Å². The zero-order chi connectivity index (χ0) is 8.20. The van der Waals surface area contributed by atoms with Gasteiger partial charge in [-0.3, -0.25) is 0 Å². The molecular weight excluding hydrogens is 126 g/mol. The molecule has 0 bridgehead atoms. The van der Waals surface area contributed by atoms with Gasteiger partial charge in [-0.25, -0.2) is 0 Å². The number of nitrogens with one attached hydrogen (secondary N) is 1. The third kappa shape index (κ3) is 3.85. The van der Waals surface area contributed by atoms with Gasteiger partial charge >= 0.3 is 0 Å². The molecule has 0 aliphatic carbocycles. The van der Waals surface area contributed by atoms with Crippen LogP contribution in [0.4, 0.5) is 0 Å². The van der Waals surface area contributed by atoms with Crippen molar-refractivity contribution in [2.24, 2.45) is 5.41 Å². The molecule has 0 spiro atoms. The number of aliphatic hydroxyl groups excluding tert-OH is 1. The summed E-state index contributed by atoms with van der Waals surface area (Å²) in [5, 5.41) is 11.7. The van der Waals surface area contributed by atoms with Crippen LogP contribution in [0, 0.1) is 5.41 Å². The molecule has 0 aromatic heterocycles. The minimum absolute atomic E-state index is 0.223. The van der Waals surface area contributed by atoms with E-state index in [-0.39, 0.29) is 12.0 Å². The Hall–Kier alpha value is -0.0800. The zero-order valence-corrected chi connectivity index (χ0v) is 7.44. The number of hydrogen-bond donors (Lipinski definition) is 2. The standard InChI is InChI=1S/C8H19NO/c1-7(8(2,3)4)9-5-6-10/h7,9-10H,5-6H2,1-4H3/t7-/m1/s1. The van der Waals surface area contributed by atoms with E-state index in [0.717, 1.165) is 0 Å². The van der Waals surface area contributed by atoms with Crippen molar-refractivity contribution in [3.8, 4) is 0 Å². The van der Waals surface area contributed by atoms with E-state index in [0.29, 0.717) is 12.6 Å². The van der Waals surface area contributed by atoms with E-state index in [4.69, 9.17) is 5.11 Å². The summed E-state index contributed by atoms with van der Waals surface area (Å²) in [6, 6.07) is 0.458. The summed E-state index contributed by atoms with van der Waals surface area (Å²) in [5.74, 6) is 0. The summed E-state index contributed by atoms with van der Waals surface area (Å²) in [5.41, 5.74) is 0.287. The van der Waals surface area contributed by atoms with E-state index in [1.54, 1.807) is 0 Å². The molecule has 0 aliphatic rings. The molecule has 0 amide bonds. The van der Waals surface area contributed by atoms with Crippen molar-refractivity contribution < 1.29 is 5.11 Å². The highest BCUT2D eigenvalue weighted by Crippen LogP contribution is 2.17. The molecule has 0 radical (unpaired) electrons. The van der Waals surface area contributed by atoms with E-state index in [1.165, 1.54) is 0 Å². The molecule has 0 fully saturated rings. The fourth-order valence-corrected chi connectivity index (χ4v) is 0.587. The summed E-state index contributed by atoms with van der Waals surface area (Å²) >= 11 is 0. The van der Waals surface area contributed by atoms with Gasteiger partial charge in [-0.15, -0.1) is 0 Å². The Morgan fingerprint density at radius 3 is 2.20 bits per heavy atom. The Morgan fingerprint density at radius 2 is 1.90 bits per heavy atom. The highest BCUT2D eigenvalue weighted by molar-refractivity contribution is 4.75. The fourth-order valence-electron chi connectivity index (χ4n) is 0.587. The van der Waals surface area contributed by atoms with Crippen LogP contribution in [0.15, 0.2) is 0 Å². The highest BCUT2D eigenvalue weighted by Gasteiger charge is 2.18. The predicted molar refractivity (Wildman–Crippen MR) is 44.0 cm³/mol. The largest absolute Gasteiger partial charge is 0.395 e. The van der Waals surface area contributed by atoms with Crippen LogP contribution >= 0.6 is 0 Å². The summed E-state index contributed by atoms with van der Waals surface area (Å²) in [6.45, 7) is 9.60. The first-order valence-corrected chi connectivity index (χ1v) is 3.82. The van der Waals surface area contributed by atoms with Crippen molar-refractivity contribution in [3.63, 3.8) is 0 Å². The maximum Gasteiger partial charge on any atom is 0.0556 e. The topological polar surface area (TPSA) is 32.3 Å². The maximum absolute atomic E-state index is 8.52. The molecule has 0 aromatic rings. The highest BCUT2D eigenvalue weighted by atomic mass is 16.3. The lowest BCUT2D eigenvalue weighted by molar-refractivity contribution is 0.244. The fraction of sp³-hybridized carbons (Fsp3) is 1.00. The van der Waals surface area contributed by atoms with Gasteiger partial charge in [-0.2, -0.15) is 0 Å². The van der Waals surface area contributed by atoms with Gasteiger partial charge in [0.2, 0.25) is 0 Å². The Balaban J connectivity index is 3.52. The summed E-state index contributed by atoms with van der Waals surface area (Å²) < 4.78 is 0. The lowest BCUT2D eigenvalue weighted by atomic mass is 9.88. The number of hydrogen-bond acceptors (Lipinski definition) is 2. The van der Waals surface area contributed by atoms with E-state index in [9.17, 15) is 0 Å². The second kappa shape index (κ2) is 3.94. The lowest BCUT2D eigenvalue weighted by Gasteiger charge is -2.27. The quantitative estimate of drug-likeness (QED) is 0.621. The zero-order valence-electron chi connectivity index (χ0n) is 7.44. The van der Waals surface area contributed by atoms with Gasteiger partial charge in [0.05, 0.1) is 6.61 Å². The van der Waals surface area contributed by atoms with Crippen LogP contribution in [0.1, 0.15) is 27.7 Å². The van der Waals surface area contributed by atoms with Crippen LogP contribution in [0.3, 0.4) is 0 Å². The van der Waals surface area contributed by atoms with Crippen LogP contribution in [0.5, 0.6) is 0 Å². The van der Waals surface area contributed by atoms with Crippen molar-refractivity contribution in [1.82, 2.24) is 5.32 Å². The molecule has 62 valence electrons. The molecule has 0 aliphatic heterocycles. The summed E-state index contributed by atoms with van der Waals surface area (Å²) in [7, 11) is 0. The van der Waals surface area contributed by atoms with Gasteiger partial charge in [-0.1, -0.05) is 20.8 Å². The van der Waals surface area contributed by atoms with Crippen LogP contribution < -0.4 is 5.32 Å². The van der Waals surface area contributed by atoms with Crippen molar-refractivity contribution in [1.29, 1.82) is 0 Å². The molecule has 0 unspecified atom stereocenters. The Bertz CT molecular complexity index is 85.7. The second-order valence-corrected chi connectivity index (χ2v) is 3.77. The molecule has 2 N–H and O–H groups in total. The van der Waals surface area contributed by atoms with E-state index >= 15 is 0 Å². The van der Waals surface area contributed by atoms with Gasteiger partial charge < -0.3 is 10.4 Å². The average molecular weight is 145 g/mol. The van der Waals surface area contributed by atoms with Crippen LogP contribution in [-0.4, -0.2) is 24.3 Å². The lowest BCUT2D eigenvalue weighted by Crippen LogP contribution is -2.38. The Labute approximate surface area is 63.6 Å². The summed E-state index contributed by atoms with van der Waals surface area (Å²) in [4.78, 5) is 0. The molecular formula is C8H19NO. The minimum atomic E-state index is 0.223. The molecule has 2 heteroatoms. The average Bonchev–Trinajstić information content (AvgIpc) is 1.80. The van der Waals surface area contributed by atoms with Crippen molar-refractivity contribution in [3.05, 3.63) is 0 Å².